The highest BCUT2D eigenvalue weighted by atomic mass is 31.3. The Morgan fingerprint density at radius 1 is 0.267 bits per heavy atom. The summed E-state index contributed by atoms with van der Waals surface area (Å²) in [4.78, 5) is 174. The zero-order chi connectivity index (χ0) is 62.5. The van der Waals surface area contributed by atoms with Gasteiger partial charge in [0, 0.05) is 82.1 Å². The second-order valence-electron chi connectivity index (χ2n) is 19.2. The van der Waals surface area contributed by atoms with Gasteiger partial charge in [-0.3, -0.25) is 57.5 Å². The van der Waals surface area contributed by atoms with Gasteiger partial charge in [-0.2, -0.15) is 0 Å². The Balaban J connectivity index is 1.01. The summed E-state index contributed by atoms with van der Waals surface area (Å²) in [6.07, 6.45) is 13.3. The van der Waals surface area contributed by atoms with Crippen molar-refractivity contribution >= 4 is 130 Å². The smallest absolute Gasteiger partial charge is 0.440 e. The van der Waals surface area contributed by atoms with Crippen LogP contribution in [0.4, 0.5) is 34.1 Å². The lowest BCUT2D eigenvalue weighted by molar-refractivity contribution is -0.121. The molecule has 12 amide bonds. The Bertz CT molecular complexity index is 4200. The molecule has 2 atom stereocenters. The van der Waals surface area contributed by atoms with Gasteiger partial charge in [-0.05, 0) is 146 Å². The highest BCUT2D eigenvalue weighted by Gasteiger charge is 2.58. The fourth-order valence-electron chi connectivity index (χ4n) is 9.31. The monoisotopic (exact) mass is 1260 g/mol. The van der Waals surface area contributed by atoms with Gasteiger partial charge in [-0.15, -0.1) is 4.52 Å². The molecule has 444 valence electrons. The summed E-state index contributed by atoms with van der Waals surface area (Å²) < 4.78 is 35.5. The fraction of sp³-hybridized carbons (Fsp3) is 0. The first-order chi connectivity index (χ1) is 43.5. The summed E-state index contributed by atoms with van der Waals surface area (Å²) in [6, 6.07) is 33.8. The molecule has 0 bridgehead atoms. The third kappa shape index (κ3) is 10.9. The van der Waals surface area contributed by atoms with Crippen molar-refractivity contribution in [3.05, 3.63) is 219 Å². The van der Waals surface area contributed by atoms with E-state index in [1.807, 2.05) is 0 Å². The lowest BCUT2D eigenvalue weighted by Crippen LogP contribution is -2.37. The van der Waals surface area contributed by atoms with E-state index in [-0.39, 0.29) is 68.6 Å². The van der Waals surface area contributed by atoms with Gasteiger partial charge in [-0.1, -0.05) is 0 Å². The first-order valence-electron chi connectivity index (χ1n) is 26.4. The maximum absolute atomic E-state index is 12.9. The van der Waals surface area contributed by atoms with E-state index in [0.29, 0.717) is 0 Å². The summed E-state index contributed by atoms with van der Waals surface area (Å²) in [7, 11) is -10.7. The summed E-state index contributed by atoms with van der Waals surface area (Å²) >= 11 is 0. The van der Waals surface area contributed by atoms with Crippen molar-refractivity contribution in [3.8, 4) is 34.5 Å². The maximum Gasteiger partial charge on any atom is 0.447 e. The van der Waals surface area contributed by atoms with Crippen LogP contribution >= 0.6 is 24.6 Å². The van der Waals surface area contributed by atoms with Crippen LogP contribution in [0.1, 0.15) is 0 Å². The lowest BCUT2D eigenvalue weighted by atomic mass is 10.3. The van der Waals surface area contributed by atoms with Gasteiger partial charge >= 0.3 is 24.6 Å². The first-order valence-corrected chi connectivity index (χ1v) is 30.2. The Morgan fingerprint density at radius 2 is 0.489 bits per heavy atom. The number of carbonyl (C=O) groups is 12. The summed E-state index contributed by atoms with van der Waals surface area (Å²) in [6.45, 7) is 0. The molecule has 13 rings (SSSR count). The van der Waals surface area contributed by atoms with Crippen LogP contribution in [0.3, 0.4) is 0 Å². The van der Waals surface area contributed by atoms with E-state index >= 15 is 0 Å². The Labute approximate surface area is 509 Å². The molecule has 2 unspecified atom stereocenters. The normalized spacial score (nSPS) is 19.5. The molecule has 7 heterocycles. The molecule has 7 aliphatic rings. The molecule has 0 N–H and O–H groups in total. The number of hydrogen-bond donors (Lipinski definition) is 0. The molecule has 0 aliphatic carbocycles. The SMILES string of the molecule is O=C1C=CC(=O)N1c1ccc(ON2P(Oc3ccc(N4C(=O)C=CC4=O)cc3)N=P(Oc3ccc(N4C(=O)C=CC4=O)cc3)(Oc3ccc(N4C(=O)C=CC4=O)cc3)N(Oc3ccc(N4C(=O)C=CC4=O)cc3)P2Oc2ccc(N3C(=O)C=CC3=O)cc2)cc1. The minimum Gasteiger partial charge on any atom is -0.440 e. The molecule has 7 aliphatic heterocycles. The van der Waals surface area contributed by atoms with Gasteiger partial charge < -0.3 is 27.8 Å². The minimum atomic E-state index is -4.77. The topological polar surface area (TPSA) is 298 Å². The number of amides is 12. The third-order valence-corrected chi connectivity index (χ3v) is 20.3. The standard InChI is InChI=1S/C60H36N9O18P3/c70-49-25-26-50(71)62(49)37-1-13-43(14-2-37)82-68-88(84-45-17-5-39(6-18-45)64-53(74)29-30-54(64)75)61-90(86-47-21-9-41(10-22-47)66-57(78)33-34-58(66)79,87-48-23-11-42(12-24-48)67-59(80)35-36-60(67)81)69(83-44-15-3-38(4-16-44)63-51(72)27-28-52(63)73)89(68)85-46-19-7-40(8-20-46)65-55(76)31-32-56(65)77/h1-36H. The Hall–Kier alpha value is -11.6. The molecule has 0 saturated heterocycles. The fourth-order valence-corrected chi connectivity index (χ4v) is 16.8. The number of hydrogen-bond acceptors (Lipinski definition) is 21. The highest BCUT2D eigenvalue weighted by Crippen LogP contribution is 2.78. The van der Waals surface area contributed by atoms with Crippen molar-refractivity contribution in [1.29, 1.82) is 0 Å². The molecule has 90 heavy (non-hydrogen) atoms. The molecule has 0 saturated carbocycles. The second-order valence-corrected chi connectivity index (χ2v) is 24.7. The van der Waals surface area contributed by atoms with Crippen molar-refractivity contribution in [2.24, 2.45) is 4.52 Å². The van der Waals surface area contributed by atoms with Gasteiger partial charge in [0.2, 0.25) is 0 Å². The van der Waals surface area contributed by atoms with Crippen LogP contribution in [-0.4, -0.2) is 80.1 Å². The van der Waals surface area contributed by atoms with Crippen molar-refractivity contribution < 1.29 is 85.3 Å². The van der Waals surface area contributed by atoms with E-state index in [4.69, 9.17) is 32.3 Å². The zero-order valence-electron chi connectivity index (χ0n) is 45.5. The molecule has 30 heteroatoms. The van der Waals surface area contributed by atoms with Crippen molar-refractivity contribution in [3.63, 3.8) is 0 Å². The molecule has 0 fully saturated rings. The summed E-state index contributed by atoms with van der Waals surface area (Å²) in [5.41, 5.74) is 0.878. The maximum atomic E-state index is 12.9. The predicted octanol–water partition coefficient (Wildman–Crippen LogP) is 7.88. The van der Waals surface area contributed by atoms with Gasteiger partial charge in [0.15, 0.2) is 0 Å². The Morgan fingerprint density at radius 3 is 0.756 bits per heavy atom. The number of anilines is 6. The molecule has 0 aromatic heterocycles. The quantitative estimate of drug-likeness (QED) is 0.0583. The van der Waals surface area contributed by atoms with Gasteiger partial charge in [0.25, 0.3) is 70.9 Å². The van der Waals surface area contributed by atoms with Crippen LogP contribution in [0.15, 0.2) is 223 Å². The van der Waals surface area contributed by atoms with E-state index in [1.165, 1.54) is 146 Å². The van der Waals surface area contributed by atoms with E-state index in [2.05, 4.69) is 0 Å². The summed E-state index contributed by atoms with van der Waals surface area (Å²) in [5.74, 6) is -7.57. The lowest BCUT2D eigenvalue weighted by Gasteiger charge is -2.43. The number of carbonyl (C=O) groups excluding carboxylic acids is 12. The van der Waals surface area contributed by atoms with E-state index < -0.39 is 95.4 Å². The van der Waals surface area contributed by atoms with Crippen molar-refractivity contribution in [2.75, 3.05) is 29.4 Å². The molecule has 27 nitrogen and oxygen atoms in total. The number of rotatable bonds is 18. The largest absolute Gasteiger partial charge is 0.447 e. The van der Waals surface area contributed by atoms with E-state index in [0.717, 1.165) is 112 Å². The average Bonchev–Trinajstić information content (AvgIpc) is 1.09. The van der Waals surface area contributed by atoms with Crippen LogP contribution in [0, 0.1) is 0 Å². The third-order valence-electron chi connectivity index (χ3n) is 13.5. The number of nitrogens with zero attached hydrogens (tertiary/aromatic N) is 9. The predicted molar refractivity (Wildman–Crippen MR) is 319 cm³/mol. The number of imide groups is 6. The first kappa shape index (κ1) is 57.5. The van der Waals surface area contributed by atoms with Gasteiger partial charge in [0.05, 0.1) is 34.1 Å². The Kier molecular flexibility index (Phi) is 14.9. The average molecular weight is 1260 g/mol. The van der Waals surface area contributed by atoms with Crippen molar-refractivity contribution in [1.82, 2.24) is 9.21 Å². The van der Waals surface area contributed by atoms with E-state index in [9.17, 15) is 57.5 Å². The van der Waals surface area contributed by atoms with Crippen LogP contribution in [0.2, 0.25) is 0 Å². The molecular formula is C60H36N9O18P3. The van der Waals surface area contributed by atoms with Crippen molar-refractivity contribution in [2.45, 2.75) is 0 Å². The van der Waals surface area contributed by atoms with E-state index in [1.54, 1.807) is 0 Å². The molecular weight excluding hydrogens is 1230 g/mol. The molecule has 6 aromatic carbocycles. The van der Waals surface area contributed by atoms with Crippen LogP contribution in [0.25, 0.3) is 0 Å². The molecule has 0 radical (unpaired) electrons. The van der Waals surface area contributed by atoms with Crippen LogP contribution < -0.4 is 57.2 Å². The van der Waals surface area contributed by atoms with Crippen LogP contribution in [0.5, 0.6) is 34.5 Å². The molecule has 6 aromatic rings. The van der Waals surface area contributed by atoms with Crippen LogP contribution in [-0.2, 0) is 57.5 Å². The highest BCUT2D eigenvalue weighted by molar-refractivity contribution is 7.78. The van der Waals surface area contributed by atoms with Gasteiger partial charge in [-0.25, -0.2) is 29.4 Å². The second kappa shape index (κ2) is 23.3. The van der Waals surface area contributed by atoms with Gasteiger partial charge in [0.1, 0.15) is 34.5 Å². The minimum absolute atomic E-state index is 0.00582. The zero-order valence-corrected chi connectivity index (χ0v) is 48.2. The number of benzene rings is 6. The molecule has 0 spiro atoms. The summed E-state index contributed by atoms with van der Waals surface area (Å²) in [5, 5.41) is 0.